The van der Waals surface area contributed by atoms with Crippen LogP contribution in [-0.2, 0) is 0 Å². The summed E-state index contributed by atoms with van der Waals surface area (Å²) in [5.74, 6) is -2.46. The van der Waals surface area contributed by atoms with Crippen LogP contribution >= 0.6 is 0 Å². The summed E-state index contributed by atoms with van der Waals surface area (Å²) in [6.45, 7) is 1.46. The Bertz CT molecular complexity index is 36.7. The minimum absolute atomic E-state index is 0. The molecule has 0 aromatic carbocycles. The van der Waals surface area contributed by atoms with Crippen LogP contribution in [-0.4, -0.2) is 26.8 Å². The fraction of sp³-hybridized carbons (Fsp3) is 1.00. The van der Waals surface area contributed by atoms with E-state index in [0.29, 0.717) is 0 Å². The van der Waals surface area contributed by atoms with Gasteiger partial charge in [-0.3, -0.25) is 0 Å². The lowest BCUT2D eigenvalue weighted by Gasteiger charge is -2.08. The molecule has 4 nitrogen and oxygen atoms in total. The third kappa shape index (κ3) is 10.7. The van der Waals surface area contributed by atoms with Gasteiger partial charge in [0.05, 0.1) is 0 Å². The Labute approximate surface area is 41.3 Å². The average Bonchev–Trinajstić information content (AvgIpc) is 1.35. The second-order valence-electron chi connectivity index (χ2n) is 1.13. The van der Waals surface area contributed by atoms with E-state index in [4.69, 9.17) is 15.3 Å². The van der Waals surface area contributed by atoms with E-state index in [1.54, 1.807) is 0 Å². The van der Waals surface area contributed by atoms with Crippen molar-refractivity contribution in [3.8, 4) is 0 Å². The molecule has 0 aromatic rings. The minimum Gasteiger partial charge on any atom is -0.412 e. The topological polar surface area (TPSA) is 92.2 Å². The average molecular weight is 110 g/mol. The first-order valence-electron chi connectivity index (χ1n) is 1.73. The molecule has 0 heterocycles. The number of aliphatic hydroxyl groups is 3. The Morgan fingerprint density at radius 1 is 1.29 bits per heavy atom. The molecule has 7 heavy (non-hydrogen) atoms. The molecular weight excluding hydrogens is 100 g/mol. The van der Waals surface area contributed by atoms with Gasteiger partial charge in [0.2, 0.25) is 0 Å². The van der Waals surface area contributed by atoms with E-state index >= 15 is 0 Å². The van der Waals surface area contributed by atoms with Gasteiger partial charge in [0.15, 0.2) is 0 Å². The smallest absolute Gasteiger partial charge is 0.274 e. The lowest BCUT2D eigenvalue weighted by molar-refractivity contribution is -0.312. The molecule has 0 aliphatic heterocycles. The quantitative estimate of drug-likeness (QED) is 0.348. The predicted octanol–water partition coefficient (Wildman–Crippen LogP) is -1.80. The molecule has 0 fully saturated rings. The molecule has 46 valence electrons. The lowest BCUT2D eigenvalue weighted by atomic mass is 10.4. The summed E-state index contributed by atoms with van der Waals surface area (Å²) in [6, 6.07) is 0. The van der Waals surface area contributed by atoms with Crippen molar-refractivity contribution in [2.24, 2.45) is 0 Å². The molecule has 0 saturated heterocycles. The van der Waals surface area contributed by atoms with Crippen molar-refractivity contribution in [2.45, 2.75) is 19.3 Å². The Balaban J connectivity index is 0. The van der Waals surface area contributed by atoms with E-state index in [1.165, 1.54) is 6.92 Å². The van der Waals surface area contributed by atoms with Crippen molar-refractivity contribution < 1.29 is 20.8 Å². The third-order valence-corrected chi connectivity index (χ3v) is 0.474. The first-order valence-corrected chi connectivity index (χ1v) is 1.73. The maximum atomic E-state index is 7.94. The Morgan fingerprint density at radius 2 is 1.43 bits per heavy atom. The molecule has 0 unspecified atom stereocenters. The maximum Gasteiger partial charge on any atom is 0.274 e. The molecule has 0 aliphatic carbocycles. The molecule has 0 saturated carbocycles. The van der Waals surface area contributed by atoms with E-state index in [-0.39, 0.29) is 11.9 Å². The van der Waals surface area contributed by atoms with E-state index in [0.717, 1.165) is 0 Å². The Morgan fingerprint density at radius 3 is 1.43 bits per heavy atom. The maximum absolute atomic E-state index is 7.94. The highest BCUT2D eigenvalue weighted by atomic mass is 16.7. The summed E-state index contributed by atoms with van der Waals surface area (Å²) < 4.78 is 0. The van der Waals surface area contributed by atoms with Crippen molar-refractivity contribution in [2.75, 3.05) is 0 Å². The summed E-state index contributed by atoms with van der Waals surface area (Å²) >= 11 is 0. The summed E-state index contributed by atoms with van der Waals surface area (Å²) in [7, 11) is 0. The molecule has 0 bridgehead atoms. The van der Waals surface area contributed by atoms with Crippen LogP contribution in [0.2, 0.25) is 0 Å². The minimum atomic E-state index is -2.46. The lowest BCUT2D eigenvalue weighted by Crippen LogP contribution is -2.24. The van der Waals surface area contributed by atoms with E-state index in [9.17, 15) is 0 Å². The van der Waals surface area contributed by atoms with Crippen molar-refractivity contribution in [1.82, 2.24) is 0 Å². The van der Waals surface area contributed by atoms with E-state index in [2.05, 4.69) is 0 Å². The summed E-state index contributed by atoms with van der Waals surface area (Å²) in [5.41, 5.74) is 0. The standard InChI is InChI=1S/C3H8O3.H2O/c1-2-3(4,5)6;/h4-6H,2H2,1H3;1H2. The number of hydrogen-bond acceptors (Lipinski definition) is 3. The Hall–Kier alpha value is -0.160. The van der Waals surface area contributed by atoms with Crippen LogP contribution in [0.25, 0.3) is 0 Å². The number of rotatable bonds is 1. The highest BCUT2D eigenvalue weighted by Crippen LogP contribution is 1.95. The van der Waals surface area contributed by atoms with Gasteiger partial charge in [0.1, 0.15) is 0 Å². The van der Waals surface area contributed by atoms with Crippen LogP contribution in [0.1, 0.15) is 13.3 Å². The fourth-order valence-corrected chi connectivity index (χ4v) is 0. The van der Waals surface area contributed by atoms with Gasteiger partial charge in [-0.2, -0.15) is 0 Å². The summed E-state index contributed by atoms with van der Waals surface area (Å²) in [4.78, 5) is 0. The van der Waals surface area contributed by atoms with Crippen LogP contribution in [0.3, 0.4) is 0 Å². The van der Waals surface area contributed by atoms with Crippen molar-refractivity contribution in [3.05, 3.63) is 0 Å². The van der Waals surface area contributed by atoms with Gasteiger partial charge in [-0.25, -0.2) is 0 Å². The molecule has 0 amide bonds. The molecule has 4 heteroatoms. The third-order valence-electron chi connectivity index (χ3n) is 0.474. The van der Waals surface area contributed by atoms with Crippen molar-refractivity contribution in [1.29, 1.82) is 0 Å². The Kier molecular flexibility index (Phi) is 4.16. The van der Waals surface area contributed by atoms with Crippen LogP contribution in [0, 0.1) is 0 Å². The van der Waals surface area contributed by atoms with Gasteiger partial charge in [-0.1, -0.05) is 6.92 Å². The second-order valence-corrected chi connectivity index (χ2v) is 1.13. The SMILES string of the molecule is CCC(O)(O)O.O. The molecular formula is C3H10O4. The fourth-order valence-electron chi connectivity index (χ4n) is 0. The van der Waals surface area contributed by atoms with Gasteiger partial charge in [0, 0.05) is 6.42 Å². The summed E-state index contributed by atoms with van der Waals surface area (Å²) in [5, 5.41) is 23.8. The van der Waals surface area contributed by atoms with Crippen LogP contribution < -0.4 is 0 Å². The second kappa shape index (κ2) is 2.92. The van der Waals surface area contributed by atoms with Crippen LogP contribution in [0.15, 0.2) is 0 Å². The highest BCUT2D eigenvalue weighted by molar-refractivity contribution is 4.35. The molecule has 0 atom stereocenters. The van der Waals surface area contributed by atoms with Gasteiger partial charge >= 0.3 is 0 Å². The van der Waals surface area contributed by atoms with Crippen LogP contribution in [0.4, 0.5) is 0 Å². The molecule has 0 spiro atoms. The van der Waals surface area contributed by atoms with Crippen LogP contribution in [0.5, 0.6) is 0 Å². The normalized spacial score (nSPS) is 10.3. The van der Waals surface area contributed by atoms with Crippen molar-refractivity contribution in [3.63, 3.8) is 0 Å². The molecule has 0 rings (SSSR count). The summed E-state index contributed by atoms with van der Waals surface area (Å²) in [6.07, 6.45) is -0.0625. The van der Waals surface area contributed by atoms with Gasteiger partial charge in [0.25, 0.3) is 5.97 Å². The van der Waals surface area contributed by atoms with Gasteiger partial charge in [-0.05, 0) is 0 Å². The first kappa shape index (κ1) is 9.96. The highest BCUT2D eigenvalue weighted by Gasteiger charge is 2.11. The van der Waals surface area contributed by atoms with Gasteiger partial charge in [-0.15, -0.1) is 0 Å². The van der Waals surface area contributed by atoms with E-state index < -0.39 is 5.97 Å². The van der Waals surface area contributed by atoms with E-state index in [1.807, 2.05) is 0 Å². The largest absolute Gasteiger partial charge is 0.412 e. The molecule has 0 radical (unpaired) electrons. The van der Waals surface area contributed by atoms with Gasteiger partial charge < -0.3 is 20.8 Å². The monoisotopic (exact) mass is 110 g/mol. The molecule has 0 aromatic heterocycles. The predicted molar refractivity (Wildman–Crippen MR) is 23.3 cm³/mol. The molecule has 5 N–H and O–H groups in total. The zero-order valence-corrected chi connectivity index (χ0v) is 4.05. The molecule has 0 aliphatic rings. The zero-order chi connectivity index (χ0) is 5.21. The zero-order valence-electron chi connectivity index (χ0n) is 4.05. The van der Waals surface area contributed by atoms with Crippen molar-refractivity contribution >= 4 is 0 Å². The first-order chi connectivity index (χ1) is 2.56. The number of hydrogen-bond donors (Lipinski definition) is 3.